The summed E-state index contributed by atoms with van der Waals surface area (Å²) >= 11 is 0. The van der Waals surface area contributed by atoms with Gasteiger partial charge in [0.25, 0.3) is 0 Å². The van der Waals surface area contributed by atoms with E-state index >= 15 is 0 Å². The molecular formula is C21H33N2O2+. The van der Waals surface area contributed by atoms with E-state index < -0.39 is 0 Å². The maximum Gasteiger partial charge on any atom is 0.226 e. The lowest BCUT2D eigenvalue weighted by molar-refractivity contribution is -0.729. The minimum atomic E-state index is 0.00731. The largest absolute Gasteiger partial charge is 0.507 e. The summed E-state index contributed by atoms with van der Waals surface area (Å²) in [7, 11) is 0. The van der Waals surface area contributed by atoms with E-state index in [4.69, 9.17) is 0 Å². The van der Waals surface area contributed by atoms with E-state index in [1.54, 1.807) is 6.07 Å². The standard InChI is InChI=1S/C21H32N2O2/c24-20-14-8-7-13-18(20)19(22-16-9-3-1-4-10-16)15-21(25)23-17-11-5-2-6-12-17/h7-8,13-14,16-17,19,22,24H,1-6,9-12,15H2,(H,23,25)/p+1/t19-/m0/s1. The summed E-state index contributed by atoms with van der Waals surface area (Å²) in [6.45, 7) is 0. The molecule has 138 valence electrons. The number of hydrogen-bond acceptors (Lipinski definition) is 2. The van der Waals surface area contributed by atoms with Crippen molar-refractivity contribution in [3.63, 3.8) is 0 Å². The van der Waals surface area contributed by atoms with E-state index in [1.807, 2.05) is 18.2 Å². The van der Waals surface area contributed by atoms with Crippen LogP contribution in [-0.4, -0.2) is 23.1 Å². The molecule has 2 fully saturated rings. The number of carbonyl (C=O) groups excluding carboxylic acids is 1. The van der Waals surface area contributed by atoms with Crippen LogP contribution in [-0.2, 0) is 4.79 Å². The first kappa shape index (κ1) is 18.2. The van der Waals surface area contributed by atoms with Gasteiger partial charge in [-0.2, -0.15) is 0 Å². The van der Waals surface area contributed by atoms with Crippen molar-refractivity contribution in [2.75, 3.05) is 0 Å². The first-order chi connectivity index (χ1) is 12.2. The Morgan fingerprint density at radius 3 is 2.36 bits per heavy atom. The van der Waals surface area contributed by atoms with Crippen LogP contribution in [0.5, 0.6) is 5.75 Å². The molecule has 1 aromatic rings. The van der Waals surface area contributed by atoms with Crippen LogP contribution in [0.25, 0.3) is 0 Å². The summed E-state index contributed by atoms with van der Waals surface area (Å²) in [4.78, 5) is 12.6. The molecular weight excluding hydrogens is 312 g/mol. The quantitative estimate of drug-likeness (QED) is 0.741. The number of benzene rings is 1. The summed E-state index contributed by atoms with van der Waals surface area (Å²) in [5.74, 6) is 0.442. The molecule has 0 saturated heterocycles. The molecule has 4 N–H and O–H groups in total. The first-order valence-corrected chi connectivity index (χ1v) is 10.1. The van der Waals surface area contributed by atoms with Gasteiger partial charge in [0, 0.05) is 6.04 Å². The molecule has 3 rings (SSSR count). The highest BCUT2D eigenvalue weighted by Crippen LogP contribution is 2.25. The predicted octanol–water partition coefficient (Wildman–Crippen LogP) is 3.17. The minimum Gasteiger partial charge on any atom is -0.507 e. The topological polar surface area (TPSA) is 65.9 Å². The zero-order valence-corrected chi connectivity index (χ0v) is 15.3. The van der Waals surface area contributed by atoms with Gasteiger partial charge >= 0.3 is 0 Å². The maximum atomic E-state index is 12.6. The summed E-state index contributed by atoms with van der Waals surface area (Å²) in [6.07, 6.45) is 12.7. The molecule has 1 amide bonds. The number of nitrogens with two attached hydrogens (primary N) is 1. The molecule has 4 nitrogen and oxygen atoms in total. The van der Waals surface area contributed by atoms with Gasteiger partial charge in [0.1, 0.15) is 11.8 Å². The highest BCUT2D eigenvalue weighted by Gasteiger charge is 2.28. The fraction of sp³-hybridized carbons (Fsp3) is 0.667. The molecule has 0 aromatic heterocycles. The molecule has 0 radical (unpaired) electrons. The highest BCUT2D eigenvalue weighted by molar-refractivity contribution is 5.77. The van der Waals surface area contributed by atoms with Gasteiger partial charge in [0.15, 0.2) is 0 Å². The summed E-state index contributed by atoms with van der Waals surface area (Å²) < 4.78 is 0. The molecule has 0 spiro atoms. The third-order valence-electron chi connectivity index (χ3n) is 5.87. The summed E-state index contributed by atoms with van der Waals surface area (Å²) in [5, 5.41) is 15.9. The number of para-hydroxylation sites is 1. The number of phenols is 1. The van der Waals surface area contributed by atoms with Gasteiger partial charge in [-0.1, -0.05) is 37.8 Å². The van der Waals surface area contributed by atoms with E-state index in [0.717, 1.165) is 18.4 Å². The molecule has 1 aromatic carbocycles. The average Bonchev–Trinajstić information content (AvgIpc) is 2.63. The van der Waals surface area contributed by atoms with Gasteiger partial charge in [-0.3, -0.25) is 4.79 Å². The Morgan fingerprint density at radius 1 is 1.04 bits per heavy atom. The van der Waals surface area contributed by atoms with E-state index in [-0.39, 0.29) is 11.9 Å². The number of quaternary nitrogens is 1. The summed E-state index contributed by atoms with van der Waals surface area (Å²) in [6, 6.07) is 8.42. The van der Waals surface area contributed by atoms with Crippen molar-refractivity contribution < 1.29 is 15.2 Å². The molecule has 25 heavy (non-hydrogen) atoms. The Bertz CT molecular complexity index is 549. The highest BCUT2D eigenvalue weighted by atomic mass is 16.3. The number of hydrogen-bond donors (Lipinski definition) is 3. The van der Waals surface area contributed by atoms with Crippen molar-refractivity contribution in [3.05, 3.63) is 29.8 Å². The minimum absolute atomic E-state index is 0.00731. The molecule has 4 heteroatoms. The molecule has 0 bridgehead atoms. The van der Waals surface area contributed by atoms with Crippen molar-refractivity contribution in [1.82, 2.24) is 5.32 Å². The number of rotatable bonds is 6. The SMILES string of the molecule is O=C(C[C@H]([NH2+]C1CCCCC1)c1ccccc1O)NC1CCCCC1. The number of aromatic hydroxyl groups is 1. The van der Waals surface area contributed by atoms with Crippen molar-refractivity contribution >= 4 is 5.91 Å². The lowest BCUT2D eigenvalue weighted by Gasteiger charge is -2.27. The van der Waals surface area contributed by atoms with Crippen molar-refractivity contribution in [3.8, 4) is 5.75 Å². The van der Waals surface area contributed by atoms with Crippen LogP contribution in [0.15, 0.2) is 24.3 Å². The fourth-order valence-corrected chi connectivity index (χ4v) is 4.47. The molecule has 0 aliphatic heterocycles. The number of nitrogens with one attached hydrogen (secondary N) is 1. The molecule has 2 aliphatic rings. The second-order valence-corrected chi connectivity index (χ2v) is 7.86. The van der Waals surface area contributed by atoms with Crippen molar-refractivity contribution in [2.45, 2.75) is 88.8 Å². The zero-order valence-electron chi connectivity index (χ0n) is 15.3. The van der Waals surface area contributed by atoms with Crippen LogP contribution < -0.4 is 10.6 Å². The summed E-state index contributed by atoms with van der Waals surface area (Å²) in [5.41, 5.74) is 0.895. The van der Waals surface area contributed by atoms with E-state index in [2.05, 4.69) is 10.6 Å². The van der Waals surface area contributed by atoms with Gasteiger partial charge in [0.05, 0.1) is 18.0 Å². The lowest BCUT2D eigenvalue weighted by atomic mass is 9.92. The predicted molar refractivity (Wildman–Crippen MR) is 99.3 cm³/mol. The monoisotopic (exact) mass is 345 g/mol. The molecule has 0 heterocycles. The molecule has 0 unspecified atom stereocenters. The second kappa shape index (κ2) is 9.23. The second-order valence-electron chi connectivity index (χ2n) is 7.86. The van der Waals surface area contributed by atoms with Crippen molar-refractivity contribution in [1.29, 1.82) is 0 Å². The Hall–Kier alpha value is -1.55. The van der Waals surface area contributed by atoms with Gasteiger partial charge in [0.2, 0.25) is 5.91 Å². The molecule has 2 aliphatic carbocycles. The van der Waals surface area contributed by atoms with Gasteiger partial charge < -0.3 is 15.7 Å². The zero-order chi connectivity index (χ0) is 17.5. The van der Waals surface area contributed by atoms with E-state index in [9.17, 15) is 9.90 Å². The number of amides is 1. The Kier molecular flexibility index (Phi) is 6.74. The van der Waals surface area contributed by atoms with Crippen LogP contribution in [0.2, 0.25) is 0 Å². The third kappa shape index (κ3) is 5.46. The van der Waals surface area contributed by atoms with Crippen LogP contribution in [0.4, 0.5) is 0 Å². The normalized spacial score (nSPS) is 21.0. The van der Waals surface area contributed by atoms with Crippen molar-refractivity contribution in [2.24, 2.45) is 0 Å². The van der Waals surface area contributed by atoms with Crippen LogP contribution in [0.3, 0.4) is 0 Å². The van der Waals surface area contributed by atoms with Gasteiger partial charge in [-0.05, 0) is 50.7 Å². The lowest BCUT2D eigenvalue weighted by Crippen LogP contribution is -2.91. The third-order valence-corrected chi connectivity index (χ3v) is 5.87. The molecule has 1 atom stereocenters. The van der Waals surface area contributed by atoms with E-state index in [1.165, 1.54) is 51.4 Å². The van der Waals surface area contributed by atoms with Gasteiger partial charge in [-0.25, -0.2) is 0 Å². The Labute approximate surface area is 151 Å². The van der Waals surface area contributed by atoms with E-state index in [0.29, 0.717) is 24.3 Å². The smallest absolute Gasteiger partial charge is 0.226 e. The Morgan fingerprint density at radius 2 is 1.68 bits per heavy atom. The van der Waals surface area contributed by atoms with Crippen LogP contribution in [0, 0.1) is 0 Å². The molecule has 2 saturated carbocycles. The average molecular weight is 346 g/mol. The van der Waals surface area contributed by atoms with Crippen LogP contribution in [0.1, 0.15) is 82.2 Å². The first-order valence-electron chi connectivity index (χ1n) is 10.1. The maximum absolute atomic E-state index is 12.6. The fourth-order valence-electron chi connectivity index (χ4n) is 4.47. The van der Waals surface area contributed by atoms with Crippen LogP contribution >= 0.6 is 0 Å². The Balaban J connectivity index is 1.64. The number of phenolic OH excluding ortho intramolecular Hbond substituents is 1. The van der Waals surface area contributed by atoms with Gasteiger partial charge in [-0.15, -0.1) is 0 Å². The number of carbonyl (C=O) groups is 1.